The minimum Gasteiger partial charge on any atom is -0.378 e. The molecule has 1 fully saturated rings. The van der Waals surface area contributed by atoms with E-state index >= 15 is 0 Å². The van der Waals surface area contributed by atoms with E-state index < -0.39 is 17.8 Å². The summed E-state index contributed by atoms with van der Waals surface area (Å²) in [5, 5.41) is 2.64. The Labute approximate surface area is 126 Å². The first kappa shape index (κ1) is 16.8. The molecule has 1 aromatic heterocycles. The number of morpholine rings is 1. The van der Waals surface area contributed by atoms with E-state index in [0.29, 0.717) is 26.3 Å². The van der Waals surface area contributed by atoms with Gasteiger partial charge in [0.25, 0.3) is 5.91 Å². The molecule has 0 atom stereocenters. The highest BCUT2D eigenvalue weighted by atomic mass is 19.4. The normalized spacial score (nSPS) is 19.1. The number of hydrogen-bond donors (Lipinski definition) is 2. The summed E-state index contributed by atoms with van der Waals surface area (Å²) in [6.07, 6.45) is -3.41. The highest BCUT2D eigenvalue weighted by Crippen LogP contribution is 2.28. The monoisotopic (exact) mass is 319 g/mol. The van der Waals surface area contributed by atoms with E-state index in [1.807, 2.05) is 0 Å². The smallest absolute Gasteiger partial charge is 0.378 e. The molecule has 0 unspecified atom stereocenters. The lowest BCUT2D eigenvalue weighted by Crippen LogP contribution is -2.54. The molecule has 8 heteroatoms. The third kappa shape index (κ3) is 4.01. The van der Waals surface area contributed by atoms with Crippen LogP contribution >= 0.6 is 0 Å². The minimum atomic E-state index is -4.48. The van der Waals surface area contributed by atoms with E-state index in [2.05, 4.69) is 29.0 Å². The maximum atomic E-state index is 12.5. The van der Waals surface area contributed by atoms with Crippen LogP contribution in [0.15, 0.2) is 12.3 Å². The maximum Gasteiger partial charge on any atom is 0.431 e. The molecule has 1 aliphatic rings. The summed E-state index contributed by atoms with van der Waals surface area (Å²) in [5.74, 6) is -0.516. The molecule has 1 saturated heterocycles. The van der Waals surface area contributed by atoms with Gasteiger partial charge in [-0.15, -0.1) is 0 Å². The summed E-state index contributed by atoms with van der Waals surface area (Å²) in [4.78, 5) is 16.1. The van der Waals surface area contributed by atoms with E-state index in [1.54, 1.807) is 0 Å². The molecule has 5 nitrogen and oxygen atoms in total. The van der Waals surface area contributed by atoms with Crippen molar-refractivity contribution >= 4 is 5.91 Å². The molecular formula is C14H20F3N3O2. The van der Waals surface area contributed by atoms with Crippen molar-refractivity contribution < 1.29 is 22.7 Å². The minimum absolute atomic E-state index is 0.0198. The molecule has 22 heavy (non-hydrogen) atoms. The van der Waals surface area contributed by atoms with Gasteiger partial charge in [-0.2, -0.15) is 13.2 Å². The second-order valence-corrected chi connectivity index (χ2v) is 5.91. The molecule has 1 aromatic rings. The molecule has 1 amide bonds. The number of H-pyrrole nitrogens is 1. The molecule has 0 saturated carbocycles. The quantitative estimate of drug-likeness (QED) is 0.891. The Morgan fingerprint density at radius 2 is 2.23 bits per heavy atom. The van der Waals surface area contributed by atoms with Gasteiger partial charge in [0.15, 0.2) is 0 Å². The molecule has 0 radical (unpaired) electrons. The number of amides is 1. The number of nitrogens with one attached hydrogen (secondary N) is 2. The van der Waals surface area contributed by atoms with Gasteiger partial charge in [-0.25, -0.2) is 0 Å². The third-order valence-electron chi connectivity index (χ3n) is 3.73. The summed E-state index contributed by atoms with van der Waals surface area (Å²) in [5.41, 5.74) is -1.05. The van der Waals surface area contributed by atoms with Gasteiger partial charge >= 0.3 is 6.18 Å². The van der Waals surface area contributed by atoms with Crippen LogP contribution in [0.3, 0.4) is 0 Å². The predicted molar refractivity (Wildman–Crippen MR) is 74.6 cm³/mol. The van der Waals surface area contributed by atoms with Crippen molar-refractivity contribution in [3.8, 4) is 0 Å². The first-order valence-corrected chi connectivity index (χ1v) is 7.07. The zero-order valence-corrected chi connectivity index (χ0v) is 12.6. The van der Waals surface area contributed by atoms with Crippen molar-refractivity contribution in [2.75, 3.05) is 32.8 Å². The van der Waals surface area contributed by atoms with Crippen LogP contribution in [0.4, 0.5) is 13.2 Å². The Kier molecular flexibility index (Phi) is 4.81. The van der Waals surface area contributed by atoms with Crippen LogP contribution in [0.1, 0.15) is 29.9 Å². The molecule has 0 spiro atoms. The van der Waals surface area contributed by atoms with Crippen LogP contribution in [0.25, 0.3) is 0 Å². The van der Waals surface area contributed by atoms with Gasteiger partial charge in [0.1, 0.15) is 5.69 Å². The molecular weight excluding hydrogens is 299 g/mol. The molecule has 2 N–H and O–H groups in total. The van der Waals surface area contributed by atoms with E-state index in [9.17, 15) is 18.0 Å². The first-order valence-electron chi connectivity index (χ1n) is 7.07. The highest BCUT2D eigenvalue weighted by Gasteiger charge is 2.33. The highest BCUT2D eigenvalue weighted by molar-refractivity contribution is 5.94. The number of hydrogen-bond acceptors (Lipinski definition) is 3. The predicted octanol–water partition coefficient (Wildman–Crippen LogP) is 1.87. The second kappa shape index (κ2) is 6.29. The molecule has 124 valence electrons. The topological polar surface area (TPSA) is 57.4 Å². The fourth-order valence-corrected chi connectivity index (χ4v) is 2.40. The van der Waals surface area contributed by atoms with E-state index in [0.717, 1.165) is 18.8 Å². The Bertz CT molecular complexity index is 526. The van der Waals surface area contributed by atoms with Gasteiger partial charge < -0.3 is 15.0 Å². The van der Waals surface area contributed by atoms with Crippen LogP contribution in [0, 0.1) is 0 Å². The molecule has 2 heterocycles. The van der Waals surface area contributed by atoms with E-state index in [-0.39, 0.29) is 11.1 Å². The summed E-state index contributed by atoms with van der Waals surface area (Å²) < 4.78 is 42.8. The maximum absolute atomic E-state index is 12.5. The van der Waals surface area contributed by atoms with Crippen LogP contribution in [0.5, 0.6) is 0 Å². The van der Waals surface area contributed by atoms with Crippen molar-refractivity contribution in [1.29, 1.82) is 0 Å². The average molecular weight is 319 g/mol. The van der Waals surface area contributed by atoms with Crippen molar-refractivity contribution in [3.63, 3.8) is 0 Å². The fourth-order valence-electron chi connectivity index (χ4n) is 2.40. The van der Waals surface area contributed by atoms with Crippen molar-refractivity contribution in [3.05, 3.63) is 23.5 Å². The number of halogens is 3. The third-order valence-corrected chi connectivity index (χ3v) is 3.73. The van der Waals surface area contributed by atoms with Crippen molar-refractivity contribution in [2.45, 2.75) is 25.6 Å². The van der Waals surface area contributed by atoms with Crippen molar-refractivity contribution in [2.24, 2.45) is 0 Å². The molecule has 0 bridgehead atoms. The number of alkyl halides is 3. The standard InChI is InChI=1S/C14H20F3N3O2/c1-13(2)9-22-6-5-20(13)4-3-18-12(21)10-7-11(19-8-10)14(15,16)17/h7-8,19H,3-6,9H2,1-2H3,(H,18,21). The number of ether oxygens (including phenoxy) is 1. The number of nitrogens with zero attached hydrogens (tertiary/aromatic N) is 1. The summed E-state index contributed by atoms with van der Waals surface area (Å²) >= 11 is 0. The van der Waals surface area contributed by atoms with Crippen LogP contribution in [-0.2, 0) is 10.9 Å². The summed E-state index contributed by atoms with van der Waals surface area (Å²) in [6.45, 7) is 7.13. The summed E-state index contributed by atoms with van der Waals surface area (Å²) in [6, 6.07) is 0.813. The van der Waals surface area contributed by atoms with Crippen LogP contribution in [0.2, 0.25) is 0 Å². The Hall–Kier alpha value is -1.54. The van der Waals surface area contributed by atoms with E-state index in [1.165, 1.54) is 0 Å². The second-order valence-electron chi connectivity index (χ2n) is 5.91. The Morgan fingerprint density at radius 3 is 2.82 bits per heavy atom. The number of carbonyl (C=O) groups is 1. The lowest BCUT2D eigenvalue weighted by Gasteiger charge is -2.42. The van der Waals surface area contributed by atoms with Gasteiger partial charge in [-0.3, -0.25) is 9.69 Å². The van der Waals surface area contributed by atoms with Crippen LogP contribution in [-0.4, -0.2) is 54.2 Å². The number of aromatic nitrogens is 1. The van der Waals surface area contributed by atoms with Gasteiger partial charge in [0.05, 0.1) is 18.8 Å². The Morgan fingerprint density at radius 1 is 1.50 bits per heavy atom. The fraction of sp³-hybridized carbons (Fsp3) is 0.643. The zero-order valence-electron chi connectivity index (χ0n) is 12.6. The summed E-state index contributed by atoms with van der Waals surface area (Å²) in [7, 11) is 0. The largest absolute Gasteiger partial charge is 0.431 e. The van der Waals surface area contributed by atoms with E-state index in [4.69, 9.17) is 4.74 Å². The van der Waals surface area contributed by atoms with Crippen LogP contribution < -0.4 is 5.32 Å². The molecule has 2 rings (SSSR count). The molecule has 0 aliphatic carbocycles. The first-order chi connectivity index (χ1) is 10.2. The molecule has 1 aliphatic heterocycles. The van der Waals surface area contributed by atoms with Crippen molar-refractivity contribution in [1.82, 2.24) is 15.2 Å². The van der Waals surface area contributed by atoms with Gasteiger partial charge in [-0.05, 0) is 19.9 Å². The number of rotatable bonds is 4. The zero-order chi connectivity index (χ0) is 16.4. The molecule has 0 aromatic carbocycles. The lowest BCUT2D eigenvalue weighted by atomic mass is 10.0. The number of aromatic amines is 1. The van der Waals surface area contributed by atoms with Gasteiger partial charge in [0, 0.05) is 31.4 Å². The van der Waals surface area contributed by atoms with Gasteiger partial charge in [0.2, 0.25) is 0 Å². The van der Waals surface area contributed by atoms with Gasteiger partial charge in [-0.1, -0.05) is 0 Å². The average Bonchev–Trinajstić information content (AvgIpc) is 2.90. The SMILES string of the molecule is CC1(C)COCCN1CCNC(=O)c1c[nH]c(C(F)(F)F)c1. The lowest BCUT2D eigenvalue weighted by molar-refractivity contribution is -0.140. The number of carbonyl (C=O) groups excluding carboxylic acids is 1. The Balaban J connectivity index is 1.84.